The topological polar surface area (TPSA) is 52.6 Å². The van der Waals surface area contributed by atoms with E-state index in [0.29, 0.717) is 6.61 Å². The van der Waals surface area contributed by atoms with Gasteiger partial charge in [0.15, 0.2) is 6.61 Å². The van der Waals surface area contributed by atoms with E-state index < -0.39 is 5.97 Å². The molecule has 0 aromatic heterocycles. The van der Waals surface area contributed by atoms with Gasteiger partial charge in [-0.1, -0.05) is 26.2 Å². The number of ether oxygens (including phenoxy) is 2. The third kappa shape index (κ3) is 8.85. The number of hydrogen-bond donors (Lipinski definition) is 0. The van der Waals surface area contributed by atoms with Gasteiger partial charge in [-0.3, -0.25) is 4.79 Å². The largest absolute Gasteiger partial charge is 0.463 e. The van der Waals surface area contributed by atoms with E-state index in [0.717, 1.165) is 25.7 Å². The van der Waals surface area contributed by atoms with Crippen molar-refractivity contribution in [1.29, 1.82) is 0 Å². The van der Waals surface area contributed by atoms with Crippen molar-refractivity contribution in [2.45, 2.75) is 32.6 Å². The minimum Gasteiger partial charge on any atom is -0.463 e. The van der Waals surface area contributed by atoms with Crippen LogP contribution in [0.4, 0.5) is 0 Å². The Kier molecular flexibility index (Phi) is 8.30. The Morgan fingerprint density at radius 3 is 2.69 bits per heavy atom. The van der Waals surface area contributed by atoms with Crippen molar-refractivity contribution in [1.82, 2.24) is 0 Å². The van der Waals surface area contributed by atoms with Crippen molar-refractivity contribution < 1.29 is 19.1 Å². The Hall–Kier alpha value is -1.06. The first-order valence-corrected chi connectivity index (χ1v) is 4.52. The van der Waals surface area contributed by atoms with E-state index in [9.17, 15) is 9.59 Å². The van der Waals surface area contributed by atoms with E-state index in [1.807, 2.05) is 0 Å². The molecule has 0 aliphatic heterocycles. The van der Waals surface area contributed by atoms with Gasteiger partial charge in [0.2, 0.25) is 0 Å². The van der Waals surface area contributed by atoms with Gasteiger partial charge in [0.05, 0.1) is 6.61 Å². The highest BCUT2D eigenvalue weighted by atomic mass is 16.6. The van der Waals surface area contributed by atoms with Crippen LogP contribution in [0.5, 0.6) is 0 Å². The van der Waals surface area contributed by atoms with Crippen LogP contribution in [0.1, 0.15) is 32.6 Å². The maximum absolute atomic E-state index is 10.7. The van der Waals surface area contributed by atoms with E-state index in [1.165, 1.54) is 0 Å². The second-order valence-electron chi connectivity index (χ2n) is 2.69. The van der Waals surface area contributed by atoms with Crippen LogP contribution in [-0.4, -0.2) is 25.7 Å². The van der Waals surface area contributed by atoms with Crippen molar-refractivity contribution in [3.63, 3.8) is 0 Å². The average Bonchev–Trinajstić information content (AvgIpc) is 2.14. The number of hydrogen-bond acceptors (Lipinski definition) is 4. The lowest BCUT2D eigenvalue weighted by atomic mass is 10.2. The molecule has 0 bridgehead atoms. The first kappa shape index (κ1) is 11.9. The molecule has 4 nitrogen and oxygen atoms in total. The highest BCUT2D eigenvalue weighted by Gasteiger charge is 2.01. The van der Waals surface area contributed by atoms with Gasteiger partial charge >= 0.3 is 5.97 Å². The van der Waals surface area contributed by atoms with Crippen molar-refractivity contribution in [2.75, 3.05) is 13.2 Å². The third-order valence-corrected chi connectivity index (χ3v) is 1.53. The summed E-state index contributed by atoms with van der Waals surface area (Å²) in [4.78, 5) is 20.4. The molecule has 0 atom stereocenters. The summed E-state index contributed by atoms with van der Waals surface area (Å²) in [5.41, 5.74) is 0. The van der Waals surface area contributed by atoms with Crippen LogP contribution in [0.2, 0.25) is 0 Å². The summed E-state index contributed by atoms with van der Waals surface area (Å²) in [6, 6.07) is 0. The average molecular weight is 188 g/mol. The van der Waals surface area contributed by atoms with Gasteiger partial charge in [0.25, 0.3) is 6.47 Å². The van der Waals surface area contributed by atoms with Crippen LogP contribution < -0.4 is 0 Å². The Morgan fingerprint density at radius 1 is 1.31 bits per heavy atom. The van der Waals surface area contributed by atoms with E-state index >= 15 is 0 Å². The first-order valence-electron chi connectivity index (χ1n) is 4.52. The van der Waals surface area contributed by atoms with Crippen molar-refractivity contribution in [3.8, 4) is 0 Å². The van der Waals surface area contributed by atoms with Gasteiger partial charge in [-0.15, -0.1) is 0 Å². The number of esters is 1. The number of rotatable bonds is 8. The minimum absolute atomic E-state index is 0.234. The summed E-state index contributed by atoms with van der Waals surface area (Å²) in [6.07, 6.45) is 4.25. The number of unbranched alkanes of at least 4 members (excludes halogenated alkanes) is 3. The molecule has 0 aliphatic carbocycles. The summed E-state index contributed by atoms with van der Waals surface area (Å²) >= 11 is 0. The molecule has 0 radical (unpaired) electrons. The van der Waals surface area contributed by atoms with Crippen LogP contribution in [-0.2, 0) is 19.1 Å². The fourth-order valence-corrected chi connectivity index (χ4v) is 0.859. The zero-order valence-corrected chi connectivity index (χ0v) is 7.95. The molecule has 0 aromatic rings. The molecule has 13 heavy (non-hydrogen) atoms. The SMILES string of the molecule is CCCCCCOC(=O)COC=O. The van der Waals surface area contributed by atoms with Crippen LogP contribution in [0, 0.1) is 0 Å². The van der Waals surface area contributed by atoms with Crippen molar-refractivity contribution >= 4 is 12.4 Å². The summed E-state index contributed by atoms with van der Waals surface area (Å²) in [5, 5.41) is 0. The molecule has 0 aliphatic rings. The lowest BCUT2D eigenvalue weighted by Gasteiger charge is -2.02. The Morgan fingerprint density at radius 2 is 2.08 bits per heavy atom. The molecule has 0 saturated carbocycles. The van der Waals surface area contributed by atoms with Crippen molar-refractivity contribution in [2.24, 2.45) is 0 Å². The molecule has 0 heterocycles. The number of carbonyl (C=O) groups excluding carboxylic acids is 2. The third-order valence-electron chi connectivity index (χ3n) is 1.53. The van der Waals surface area contributed by atoms with Gasteiger partial charge in [-0.25, -0.2) is 4.79 Å². The molecule has 0 spiro atoms. The Balaban J connectivity index is 3.12. The van der Waals surface area contributed by atoms with Gasteiger partial charge in [-0.05, 0) is 6.42 Å². The maximum atomic E-state index is 10.7. The number of carbonyl (C=O) groups is 2. The second-order valence-corrected chi connectivity index (χ2v) is 2.69. The summed E-state index contributed by atoms with van der Waals surface area (Å²) in [7, 11) is 0. The predicted molar refractivity (Wildman–Crippen MR) is 47.1 cm³/mol. The molecule has 0 rings (SSSR count). The lowest BCUT2D eigenvalue weighted by Crippen LogP contribution is -2.12. The molecule has 76 valence electrons. The predicted octanol–water partition coefficient (Wildman–Crippen LogP) is 1.28. The van der Waals surface area contributed by atoms with Gasteiger partial charge < -0.3 is 9.47 Å². The molecule has 0 aromatic carbocycles. The molecule has 0 N–H and O–H groups in total. The van der Waals surface area contributed by atoms with Crippen LogP contribution >= 0.6 is 0 Å². The Labute approximate surface area is 78.2 Å². The summed E-state index contributed by atoms with van der Waals surface area (Å²) in [6.45, 7) is 2.49. The zero-order valence-electron chi connectivity index (χ0n) is 7.95. The second kappa shape index (κ2) is 9.03. The zero-order chi connectivity index (χ0) is 9.94. The molecular weight excluding hydrogens is 172 g/mol. The smallest absolute Gasteiger partial charge is 0.344 e. The standard InChI is InChI=1S/C9H16O4/c1-2-3-4-5-6-13-9(11)7-12-8-10/h8H,2-7H2,1H3. The van der Waals surface area contributed by atoms with E-state index in [2.05, 4.69) is 11.7 Å². The fraction of sp³-hybridized carbons (Fsp3) is 0.778. The van der Waals surface area contributed by atoms with Gasteiger partial charge in [-0.2, -0.15) is 0 Å². The fourth-order valence-electron chi connectivity index (χ4n) is 0.859. The normalized spacial score (nSPS) is 9.31. The highest BCUT2D eigenvalue weighted by molar-refractivity contribution is 5.71. The highest BCUT2D eigenvalue weighted by Crippen LogP contribution is 1.98. The van der Waals surface area contributed by atoms with Gasteiger partial charge in [0.1, 0.15) is 0 Å². The monoisotopic (exact) mass is 188 g/mol. The maximum Gasteiger partial charge on any atom is 0.344 e. The van der Waals surface area contributed by atoms with E-state index in [4.69, 9.17) is 4.74 Å². The van der Waals surface area contributed by atoms with Crippen molar-refractivity contribution in [3.05, 3.63) is 0 Å². The lowest BCUT2D eigenvalue weighted by molar-refractivity contribution is -0.153. The minimum atomic E-state index is -0.483. The van der Waals surface area contributed by atoms with E-state index in [-0.39, 0.29) is 13.1 Å². The van der Waals surface area contributed by atoms with Gasteiger partial charge in [0, 0.05) is 0 Å². The molecule has 4 heteroatoms. The summed E-state index contributed by atoms with van der Waals surface area (Å²) < 4.78 is 8.99. The molecular formula is C9H16O4. The van der Waals surface area contributed by atoms with Crippen LogP contribution in [0.15, 0.2) is 0 Å². The van der Waals surface area contributed by atoms with E-state index in [1.54, 1.807) is 0 Å². The van der Waals surface area contributed by atoms with Crippen LogP contribution in [0.3, 0.4) is 0 Å². The molecule has 0 saturated heterocycles. The van der Waals surface area contributed by atoms with Crippen LogP contribution in [0.25, 0.3) is 0 Å². The molecule has 0 unspecified atom stereocenters. The molecule has 0 amide bonds. The first-order chi connectivity index (χ1) is 6.31. The Bertz CT molecular complexity index is 145. The quantitative estimate of drug-likeness (QED) is 0.327. The molecule has 0 fully saturated rings. The summed E-state index contributed by atoms with van der Waals surface area (Å²) in [5.74, 6) is -0.483.